The zero-order chi connectivity index (χ0) is 9.78. The topological polar surface area (TPSA) is 18.5 Å². The summed E-state index contributed by atoms with van der Waals surface area (Å²) in [6.07, 6.45) is 8.06. The van der Waals surface area contributed by atoms with Crippen LogP contribution in [-0.2, 0) is 9.47 Å². The fourth-order valence-electron chi connectivity index (χ4n) is 1.02. The zero-order valence-electron chi connectivity index (χ0n) is 10.1. The first-order valence-corrected chi connectivity index (χ1v) is 5.35. The average Bonchev–Trinajstić information content (AvgIpc) is 2.16. The van der Waals surface area contributed by atoms with Gasteiger partial charge in [-0.15, -0.1) is 0 Å². The molecule has 88 valence electrons. The van der Waals surface area contributed by atoms with Crippen LogP contribution in [-0.4, -0.2) is 43.1 Å². The molecule has 0 aliphatic carbocycles. The molecule has 0 saturated heterocycles. The van der Waals surface area contributed by atoms with Gasteiger partial charge in [0.25, 0.3) is 0 Å². The molecule has 0 heterocycles. The van der Waals surface area contributed by atoms with Crippen LogP contribution in [0.4, 0.5) is 0 Å². The predicted molar refractivity (Wildman–Crippen MR) is 61.3 cm³/mol. The molecule has 0 aromatic heterocycles. The Balaban J connectivity index is -0.000000720. The third-order valence-corrected chi connectivity index (χ3v) is 1.84. The molecule has 0 unspecified atom stereocenters. The summed E-state index contributed by atoms with van der Waals surface area (Å²) in [6.45, 7) is 6.39. The van der Waals surface area contributed by atoms with E-state index in [9.17, 15) is 0 Å². The Kier molecular flexibility index (Phi) is 28.9. The van der Waals surface area contributed by atoms with Gasteiger partial charge in [0, 0.05) is 13.2 Å². The van der Waals surface area contributed by atoms with E-state index in [0.29, 0.717) is 6.79 Å². The molecule has 0 aromatic rings. The van der Waals surface area contributed by atoms with E-state index in [4.69, 9.17) is 9.47 Å². The molecular weight excluding hydrogens is 224 g/mol. The Bertz CT molecular complexity index is 84.7. The normalized spacial score (nSPS) is 9.20. The molecule has 0 spiro atoms. The maximum atomic E-state index is 5.28. The van der Waals surface area contributed by atoms with E-state index in [1.165, 1.54) is 12.8 Å². The van der Waals surface area contributed by atoms with Crippen molar-refractivity contribution in [3.05, 3.63) is 6.42 Å². The van der Waals surface area contributed by atoms with Crippen molar-refractivity contribution < 1.29 is 21.9 Å². The molecular formula is C11H23ClMgO2. The summed E-state index contributed by atoms with van der Waals surface area (Å²) in [7, 11) is 0. The molecule has 0 atom stereocenters. The molecule has 0 rings (SSSR count). The first-order chi connectivity index (χ1) is 6.41. The second kappa shape index (κ2) is 20.4. The maximum absolute atomic E-state index is 5.28. The van der Waals surface area contributed by atoms with Crippen molar-refractivity contribution in [3.63, 3.8) is 0 Å². The fraction of sp³-hybridized carbons (Fsp3) is 0.909. The van der Waals surface area contributed by atoms with Crippen molar-refractivity contribution in [3.8, 4) is 0 Å². The molecule has 0 N–H and O–H groups in total. The molecule has 0 aromatic carbocycles. The first-order valence-electron chi connectivity index (χ1n) is 5.35. The van der Waals surface area contributed by atoms with Gasteiger partial charge in [0.2, 0.25) is 0 Å². The van der Waals surface area contributed by atoms with Crippen molar-refractivity contribution in [1.29, 1.82) is 0 Å². The van der Waals surface area contributed by atoms with Gasteiger partial charge < -0.3 is 28.3 Å². The van der Waals surface area contributed by atoms with Crippen molar-refractivity contribution in [2.45, 2.75) is 46.0 Å². The second-order valence-electron chi connectivity index (χ2n) is 3.19. The van der Waals surface area contributed by atoms with Crippen molar-refractivity contribution in [1.82, 2.24) is 0 Å². The Hall–Kier alpha value is 0.976. The summed E-state index contributed by atoms with van der Waals surface area (Å²) in [5, 5.41) is 0. The standard InChI is InChI=1S/C11H23O2.ClH.Mg/c1-3-5-7-9-12-11-13-10-8-6-4-2;;/h3H,4-11H2,1-2H3;1H;/q-1;;+2/p-1. The van der Waals surface area contributed by atoms with Gasteiger partial charge in [-0.05, 0) is 6.42 Å². The van der Waals surface area contributed by atoms with Crippen LogP contribution in [0, 0.1) is 6.42 Å². The number of hydrogen-bond donors (Lipinski definition) is 0. The van der Waals surface area contributed by atoms with E-state index in [2.05, 4.69) is 20.3 Å². The SMILES string of the molecule is C[CH-]CCCOCOCCCCC.[Cl-].[Mg+2]. The molecule has 2 nitrogen and oxygen atoms in total. The Morgan fingerprint density at radius 2 is 1.60 bits per heavy atom. The Morgan fingerprint density at radius 3 is 2.13 bits per heavy atom. The monoisotopic (exact) mass is 246 g/mol. The van der Waals surface area contributed by atoms with E-state index in [1.807, 2.05) is 0 Å². The quantitative estimate of drug-likeness (QED) is 0.230. The molecule has 0 radical (unpaired) electrons. The number of rotatable bonds is 10. The number of halogens is 1. The average molecular weight is 247 g/mol. The largest absolute Gasteiger partial charge is 2.00 e. The van der Waals surface area contributed by atoms with Gasteiger partial charge in [-0.2, -0.15) is 13.3 Å². The number of hydrogen-bond acceptors (Lipinski definition) is 2. The van der Waals surface area contributed by atoms with Crippen LogP contribution in [0.25, 0.3) is 0 Å². The van der Waals surface area contributed by atoms with Crippen LogP contribution < -0.4 is 12.4 Å². The van der Waals surface area contributed by atoms with Gasteiger partial charge in [0.1, 0.15) is 6.79 Å². The molecule has 0 amide bonds. The first kappa shape index (κ1) is 21.3. The number of unbranched alkanes of at least 4 members (excludes halogenated alkanes) is 4. The van der Waals surface area contributed by atoms with Crippen molar-refractivity contribution >= 4 is 23.1 Å². The van der Waals surface area contributed by atoms with E-state index in [1.54, 1.807) is 0 Å². The van der Waals surface area contributed by atoms with Crippen molar-refractivity contribution in [2.24, 2.45) is 0 Å². The van der Waals surface area contributed by atoms with Gasteiger partial charge in [-0.3, -0.25) is 0 Å². The second-order valence-corrected chi connectivity index (χ2v) is 3.19. The Morgan fingerprint density at radius 1 is 1.00 bits per heavy atom. The summed E-state index contributed by atoms with van der Waals surface area (Å²) in [5.41, 5.74) is 0. The summed E-state index contributed by atoms with van der Waals surface area (Å²) in [4.78, 5) is 0. The molecule has 0 fully saturated rings. The summed E-state index contributed by atoms with van der Waals surface area (Å²) < 4.78 is 10.6. The predicted octanol–water partition coefficient (Wildman–Crippen LogP) is -0.205. The summed E-state index contributed by atoms with van der Waals surface area (Å²) in [5.74, 6) is 0. The van der Waals surface area contributed by atoms with E-state index in [-0.39, 0.29) is 35.5 Å². The zero-order valence-corrected chi connectivity index (χ0v) is 12.3. The van der Waals surface area contributed by atoms with Crippen LogP contribution in [0.1, 0.15) is 46.0 Å². The van der Waals surface area contributed by atoms with Gasteiger partial charge in [0.05, 0.1) is 0 Å². The van der Waals surface area contributed by atoms with Gasteiger partial charge in [0.15, 0.2) is 0 Å². The maximum Gasteiger partial charge on any atom is 2.00 e. The van der Waals surface area contributed by atoms with Crippen molar-refractivity contribution in [2.75, 3.05) is 20.0 Å². The minimum atomic E-state index is 0. The smallest absolute Gasteiger partial charge is 1.00 e. The van der Waals surface area contributed by atoms with Crippen LogP contribution in [0.5, 0.6) is 0 Å². The van der Waals surface area contributed by atoms with Crippen LogP contribution in [0.15, 0.2) is 0 Å². The number of ether oxygens (including phenoxy) is 2. The Labute approximate surface area is 117 Å². The molecule has 0 aliphatic rings. The van der Waals surface area contributed by atoms with Gasteiger partial charge in [-0.1, -0.05) is 26.2 Å². The van der Waals surface area contributed by atoms with E-state index < -0.39 is 0 Å². The van der Waals surface area contributed by atoms with E-state index >= 15 is 0 Å². The van der Waals surface area contributed by atoms with Crippen LogP contribution in [0.2, 0.25) is 0 Å². The van der Waals surface area contributed by atoms with Crippen LogP contribution >= 0.6 is 0 Å². The third-order valence-electron chi connectivity index (χ3n) is 1.84. The summed E-state index contributed by atoms with van der Waals surface area (Å²) in [6, 6.07) is 0. The van der Waals surface area contributed by atoms with E-state index in [0.717, 1.165) is 32.5 Å². The van der Waals surface area contributed by atoms with Gasteiger partial charge >= 0.3 is 23.1 Å². The summed E-state index contributed by atoms with van der Waals surface area (Å²) >= 11 is 0. The molecule has 4 heteroatoms. The van der Waals surface area contributed by atoms with Crippen LogP contribution in [0.3, 0.4) is 0 Å². The fourth-order valence-corrected chi connectivity index (χ4v) is 1.02. The molecule has 0 aliphatic heterocycles. The minimum absolute atomic E-state index is 0. The minimum Gasteiger partial charge on any atom is -1.00 e. The molecule has 0 bridgehead atoms. The molecule has 15 heavy (non-hydrogen) atoms. The third kappa shape index (κ3) is 20.9. The molecule has 0 saturated carbocycles. The van der Waals surface area contributed by atoms with Gasteiger partial charge in [-0.25, -0.2) is 0 Å².